The predicted molar refractivity (Wildman–Crippen MR) is 83.7 cm³/mol. The summed E-state index contributed by atoms with van der Waals surface area (Å²) in [4.78, 5) is 4.93. The van der Waals surface area contributed by atoms with E-state index in [1.807, 2.05) is 0 Å². The summed E-state index contributed by atoms with van der Waals surface area (Å²) in [6.07, 6.45) is 2.18. The Hall–Kier alpha value is -0.990. The Morgan fingerprint density at radius 3 is 1.79 bits per heavy atom. The van der Waals surface area contributed by atoms with E-state index in [-0.39, 0.29) is 11.0 Å². The van der Waals surface area contributed by atoms with Gasteiger partial charge in [-0.1, -0.05) is 34.6 Å². The molecule has 0 atom stereocenters. The number of hydrogen-bond donors (Lipinski definition) is 1. The van der Waals surface area contributed by atoms with Crippen molar-refractivity contribution in [3.63, 3.8) is 0 Å². The van der Waals surface area contributed by atoms with Gasteiger partial charge in [0.25, 0.3) is 0 Å². The van der Waals surface area contributed by atoms with E-state index in [9.17, 15) is 0 Å². The van der Waals surface area contributed by atoms with Gasteiger partial charge in [-0.25, -0.2) is 4.98 Å². The van der Waals surface area contributed by atoms with Gasteiger partial charge >= 0.3 is 0 Å². The summed E-state index contributed by atoms with van der Waals surface area (Å²) >= 11 is 0. The summed E-state index contributed by atoms with van der Waals surface area (Å²) in [5.41, 5.74) is 7.50. The van der Waals surface area contributed by atoms with Crippen molar-refractivity contribution in [1.82, 2.24) is 9.55 Å². The first kappa shape index (κ1) is 16.1. The molecule has 0 saturated carbocycles. The molecule has 3 heteroatoms. The fourth-order valence-electron chi connectivity index (χ4n) is 2.61. The van der Waals surface area contributed by atoms with E-state index in [2.05, 4.69) is 60.0 Å². The quantitative estimate of drug-likeness (QED) is 0.879. The maximum Gasteiger partial charge on any atom is 0.127 e. The first-order chi connectivity index (χ1) is 8.54. The lowest BCUT2D eigenvalue weighted by molar-refractivity contribution is 0.359. The van der Waals surface area contributed by atoms with Gasteiger partial charge in [0.15, 0.2) is 0 Å². The molecule has 19 heavy (non-hydrogen) atoms. The van der Waals surface area contributed by atoms with Crippen LogP contribution < -0.4 is 5.73 Å². The van der Waals surface area contributed by atoms with E-state index in [0.29, 0.717) is 5.92 Å². The number of aromatic nitrogens is 2. The van der Waals surface area contributed by atoms with Gasteiger partial charge in [-0.05, 0) is 33.6 Å². The Bertz CT molecular complexity index is 426. The molecule has 0 aromatic carbocycles. The third kappa shape index (κ3) is 3.13. The van der Waals surface area contributed by atoms with Gasteiger partial charge in [0.2, 0.25) is 0 Å². The highest BCUT2D eigenvalue weighted by atomic mass is 15.2. The normalized spacial score (nSPS) is 13.3. The molecule has 3 nitrogen and oxygen atoms in total. The van der Waals surface area contributed by atoms with E-state index in [1.165, 1.54) is 0 Å². The number of imidazole rings is 1. The molecule has 0 aliphatic carbocycles. The number of nitrogens with zero attached hydrogens (tertiary/aromatic N) is 2. The van der Waals surface area contributed by atoms with E-state index in [0.717, 1.165) is 30.2 Å². The number of hydrogen-bond acceptors (Lipinski definition) is 2. The van der Waals surface area contributed by atoms with Gasteiger partial charge in [-0.15, -0.1) is 0 Å². The monoisotopic (exact) mass is 265 g/mol. The van der Waals surface area contributed by atoms with E-state index >= 15 is 0 Å². The van der Waals surface area contributed by atoms with Crippen molar-refractivity contribution in [2.24, 2.45) is 0 Å². The van der Waals surface area contributed by atoms with Crippen molar-refractivity contribution < 1.29 is 0 Å². The zero-order valence-electron chi connectivity index (χ0n) is 14.0. The summed E-state index contributed by atoms with van der Waals surface area (Å²) < 4.78 is 2.22. The Kier molecular flexibility index (Phi) is 4.38. The highest BCUT2D eigenvalue weighted by molar-refractivity contribution is 5.43. The van der Waals surface area contributed by atoms with Crippen LogP contribution in [0.25, 0.3) is 0 Å². The van der Waals surface area contributed by atoms with Gasteiger partial charge in [0.05, 0.1) is 5.69 Å². The minimum atomic E-state index is -0.0377. The molecule has 0 spiro atoms. The van der Waals surface area contributed by atoms with Gasteiger partial charge in [-0.2, -0.15) is 0 Å². The highest BCUT2D eigenvalue weighted by Gasteiger charge is 2.31. The summed E-state index contributed by atoms with van der Waals surface area (Å²) in [6, 6.07) is 0. The maximum absolute atomic E-state index is 6.44. The van der Waals surface area contributed by atoms with Crippen LogP contribution in [0.5, 0.6) is 0 Å². The van der Waals surface area contributed by atoms with Crippen molar-refractivity contribution in [3.8, 4) is 0 Å². The molecule has 110 valence electrons. The number of nitrogens with two attached hydrogens (primary N) is 1. The molecule has 0 radical (unpaired) electrons. The van der Waals surface area contributed by atoms with Crippen LogP contribution in [-0.2, 0) is 11.0 Å². The molecule has 1 aromatic heterocycles. The summed E-state index contributed by atoms with van der Waals surface area (Å²) in [5, 5.41) is 0. The van der Waals surface area contributed by atoms with Crippen molar-refractivity contribution in [1.29, 1.82) is 0 Å². The third-order valence-corrected chi connectivity index (χ3v) is 3.66. The van der Waals surface area contributed by atoms with Crippen LogP contribution in [0, 0.1) is 0 Å². The van der Waals surface area contributed by atoms with Crippen LogP contribution >= 0.6 is 0 Å². The molecule has 1 aromatic rings. The Balaban J connectivity index is 3.53. The number of nitrogen functional groups attached to an aromatic ring is 1. The van der Waals surface area contributed by atoms with Gasteiger partial charge < -0.3 is 10.3 Å². The fraction of sp³-hybridized carbons (Fsp3) is 0.812. The second kappa shape index (κ2) is 5.18. The largest absolute Gasteiger partial charge is 0.384 e. The molecule has 0 fully saturated rings. The van der Waals surface area contributed by atoms with E-state index < -0.39 is 0 Å². The van der Waals surface area contributed by atoms with Crippen LogP contribution in [0.4, 0.5) is 5.82 Å². The smallest absolute Gasteiger partial charge is 0.127 e. The molecule has 0 bridgehead atoms. The molecule has 0 aliphatic rings. The first-order valence-electron chi connectivity index (χ1n) is 7.43. The zero-order valence-corrected chi connectivity index (χ0v) is 14.0. The van der Waals surface area contributed by atoms with Crippen molar-refractivity contribution in [2.45, 2.75) is 85.1 Å². The average molecular weight is 265 g/mol. The lowest BCUT2D eigenvalue weighted by atomic mass is 9.94. The third-order valence-electron chi connectivity index (χ3n) is 3.66. The predicted octanol–water partition coefficient (Wildman–Crippen LogP) is 4.42. The van der Waals surface area contributed by atoms with Crippen LogP contribution in [0.3, 0.4) is 0 Å². The molecular formula is C16H31N3. The number of anilines is 1. The van der Waals surface area contributed by atoms with Crippen LogP contribution in [0.1, 0.15) is 85.7 Å². The van der Waals surface area contributed by atoms with Gasteiger partial charge in [0, 0.05) is 16.9 Å². The minimum absolute atomic E-state index is 0.00564. The molecular weight excluding hydrogens is 234 g/mol. The lowest BCUT2D eigenvalue weighted by Gasteiger charge is -2.29. The Labute approximate surface area is 118 Å². The van der Waals surface area contributed by atoms with Crippen LogP contribution in [0.2, 0.25) is 0 Å². The van der Waals surface area contributed by atoms with Gasteiger partial charge in [0.1, 0.15) is 11.6 Å². The molecule has 1 heterocycles. The molecule has 0 unspecified atom stereocenters. The average Bonchev–Trinajstić information content (AvgIpc) is 2.58. The van der Waals surface area contributed by atoms with E-state index in [1.54, 1.807) is 0 Å². The minimum Gasteiger partial charge on any atom is -0.384 e. The zero-order chi connectivity index (χ0) is 15.0. The summed E-state index contributed by atoms with van der Waals surface area (Å²) in [7, 11) is 0. The first-order valence-corrected chi connectivity index (χ1v) is 7.43. The highest BCUT2D eigenvalue weighted by Crippen LogP contribution is 2.36. The maximum atomic E-state index is 6.44. The molecule has 0 amide bonds. The van der Waals surface area contributed by atoms with Crippen LogP contribution in [0.15, 0.2) is 0 Å². The number of rotatable bonds is 3. The summed E-state index contributed by atoms with van der Waals surface area (Å²) in [5.74, 6) is 2.41. The van der Waals surface area contributed by atoms with Crippen molar-refractivity contribution in [3.05, 3.63) is 11.5 Å². The molecule has 2 N–H and O–H groups in total. The SMILES string of the molecule is CCC(CC)c1nc(C(C)(C)C)n(C(C)(C)C)c1N. The molecule has 0 saturated heterocycles. The standard InChI is InChI=1S/C16H31N3/c1-9-11(10-2)12-13(17)19(16(6,7)8)14(18-12)15(3,4)5/h11H,9-10,17H2,1-8H3. The Morgan fingerprint density at radius 1 is 1.05 bits per heavy atom. The summed E-state index contributed by atoms with van der Waals surface area (Å²) in [6.45, 7) is 17.6. The second-order valence-electron chi connectivity index (χ2n) is 7.48. The topological polar surface area (TPSA) is 43.8 Å². The van der Waals surface area contributed by atoms with Crippen molar-refractivity contribution >= 4 is 5.82 Å². The fourth-order valence-corrected chi connectivity index (χ4v) is 2.61. The van der Waals surface area contributed by atoms with E-state index in [4.69, 9.17) is 10.7 Å². The molecule has 0 aliphatic heterocycles. The lowest BCUT2D eigenvalue weighted by Crippen LogP contribution is -2.30. The second-order valence-corrected chi connectivity index (χ2v) is 7.48. The molecule has 1 rings (SSSR count). The van der Waals surface area contributed by atoms with Crippen molar-refractivity contribution in [2.75, 3.05) is 5.73 Å². The Morgan fingerprint density at radius 2 is 1.53 bits per heavy atom. The van der Waals surface area contributed by atoms with Gasteiger partial charge in [-0.3, -0.25) is 0 Å². The van der Waals surface area contributed by atoms with Crippen LogP contribution in [-0.4, -0.2) is 9.55 Å².